The summed E-state index contributed by atoms with van der Waals surface area (Å²) in [5.74, 6) is 0.193. The Morgan fingerprint density at radius 1 is 0.889 bits per heavy atom. The molecule has 1 aromatic heterocycles. The van der Waals surface area contributed by atoms with Gasteiger partial charge in [0.05, 0.1) is 18.2 Å². The lowest BCUT2D eigenvalue weighted by Gasteiger charge is -2.25. The minimum Gasteiger partial charge on any atom is -0.334 e. The van der Waals surface area contributed by atoms with Crippen molar-refractivity contribution in [1.29, 1.82) is 0 Å². The van der Waals surface area contributed by atoms with Crippen molar-refractivity contribution in [2.75, 3.05) is 6.54 Å². The number of likely N-dealkylation sites (tertiary alicyclic amines) is 1. The summed E-state index contributed by atoms with van der Waals surface area (Å²) in [6, 6.07) is 26.7. The second-order valence-corrected chi connectivity index (χ2v) is 7.12. The van der Waals surface area contributed by atoms with Gasteiger partial charge >= 0.3 is 0 Å². The minimum atomic E-state index is 0.0944. The quantitative estimate of drug-likeness (QED) is 0.670. The molecule has 0 spiro atoms. The normalized spacial score (nSPS) is 16.4. The van der Waals surface area contributed by atoms with Crippen LogP contribution in [0.1, 0.15) is 41.4 Å². The molecule has 0 radical (unpaired) electrons. The molecule has 1 aliphatic heterocycles. The van der Waals surface area contributed by atoms with Gasteiger partial charge in [0.25, 0.3) is 0 Å². The smallest absolute Gasteiger partial charge is 0.227 e. The van der Waals surface area contributed by atoms with Crippen LogP contribution in [0.3, 0.4) is 0 Å². The molecular formula is C24H24N2O. The average molecular weight is 356 g/mol. The Kier molecular flexibility index (Phi) is 5.29. The van der Waals surface area contributed by atoms with Gasteiger partial charge in [-0.2, -0.15) is 0 Å². The van der Waals surface area contributed by atoms with Gasteiger partial charge < -0.3 is 4.90 Å². The Labute approximate surface area is 160 Å². The zero-order valence-electron chi connectivity index (χ0n) is 15.4. The molecule has 0 bridgehead atoms. The number of aromatic nitrogens is 1. The fourth-order valence-electron chi connectivity index (χ4n) is 3.83. The van der Waals surface area contributed by atoms with Crippen molar-refractivity contribution in [1.82, 2.24) is 9.88 Å². The number of benzene rings is 2. The fourth-order valence-corrected chi connectivity index (χ4v) is 3.83. The molecule has 27 heavy (non-hydrogen) atoms. The largest absolute Gasteiger partial charge is 0.334 e. The van der Waals surface area contributed by atoms with Crippen LogP contribution in [0.5, 0.6) is 0 Å². The summed E-state index contributed by atoms with van der Waals surface area (Å²) < 4.78 is 0. The molecule has 1 amide bonds. The first kappa shape index (κ1) is 17.5. The van der Waals surface area contributed by atoms with Crippen LogP contribution in [0.15, 0.2) is 78.9 Å². The molecule has 0 aliphatic carbocycles. The maximum atomic E-state index is 12.9. The summed E-state index contributed by atoms with van der Waals surface area (Å²) in [5.41, 5.74) is 4.40. The molecule has 2 aromatic carbocycles. The third-order valence-corrected chi connectivity index (χ3v) is 5.17. The Morgan fingerprint density at radius 3 is 2.33 bits per heavy atom. The highest BCUT2D eigenvalue weighted by molar-refractivity contribution is 5.79. The lowest BCUT2D eigenvalue weighted by Crippen LogP contribution is -2.32. The molecule has 0 saturated carbocycles. The first-order valence-corrected chi connectivity index (χ1v) is 9.63. The summed E-state index contributed by atoms with van der Waals surface area (Å²) in [5, 5.41) is 0. The Balaban J connectivity index is 1.50. The van der Waals surface area contributed by atoms with Crippen LogP contribution >= 0.6 is 0 Å². The van der Waals surface area contributed by atoms with E-state index >= 15 is 0 Å². The molecule has 1 atom stereocenters. The van der Waals surface area contributed by atoms with Gasteiger partial charge in [0, 0.05) is 18.7 Å². The molecule has 0 unspecified atom stereocenters. The van der Waals surface area contributed by atoms with E-state index in [2.05, 4.69) is 42.5 Å². The van der Waals surface area contributed by atoms with E-state index < -0.39 is 0 Å². The number of rotatable bonds is 5. The van der Waals surface area contributed by atoms with E-state index in [1.807, 2.05) is 41.3 Å². The summed E-state index contributed by atoms with van der Waals surface area (Å²) >= 11 is 0. The van der Waals surface area contributed by atoms with E-state index in [1.54, 1.807) is 0 Å². The van der Waals surface area contributed by atoms with Crippen molar-refractivity contribution in [3.63, 3.8) is 0 Å². The Morgan fingerprint density at radius 2 is 1.59 bits per heavy atom. The van der Waals surface area contributed by atoms with E-state index in [9.17, 15) is 4.79 Å². The van der Waals surface area contributed by atoms with Gasteiger partial charge in [-0.15, -0.1) is 0 Å². The summed E-state index contributed by atoms with van der Waals surface area (Å²) in [6.45, 7) is 0.820. The van der Waals surface area contributed by atoms with E-state index in [0.29, 0.717) is 6.42 Å². The number of pyridine rings is 1. The monoisotopic (exact) mass is 356 g/mol. The number of hydrogen-bond acceptors (Lipinski definition) is 2. The molecule has 3 heteroatoms. The predicted octanol–water partition coefficient (Wildman–Crippen LogP) is 4.58. The zero-order chi connectivity index (χ0) is 18.5. The van der Waals surface area contributed by atoms with Crippen LogP contribution in [0, 0.1) is 0 Å². The summed E-state index contributed by atoms with van der Waals surface area (Å²) in [4.78, 5) is 19.8. The zero-order valence-corrected chi connectivity index (χ0v) is 15.4. The van der Waals surface area contributed by atoms with Gasteiger partial charge in [-0.25, -0.2) is 0 Å². The van der Waals surface area contributed by atoms with E-state index in [-0.39, 0.29) is 11.9 Å². The maximum absolute atomic E-state index is 12.9. The Hall–Kier alpha value is -2.94. The Bertz CT molecular complexity index is 893. The first-order chi connectivity index (χ1) is 13.3. The number of carbonyl (C=O) groups is 1. The third-order valence-electron chi connectivity index (χ3n) is 5.17. The van der Waals surface area contributed by atoms with Crippen molar-refractivity contribution < 1.29 is 4.79 Å². The van der Waals surface area contributed by atoms with E-state index in [0.717, 1.165) is 42.8 Å². The number of amides is 1. The minimum absolute atomic E-state index is 0.0944. The number of nitrogens with zero attached hydrogens (tertiary/aromatic N) is 2. The second-order valence-electron chi connectivity index (χ2n) is 7.12. The molecule has 0 N–H and O–H groups in total. The molecule has 1 fully saturated rings. The van der Waals surface area contributed by atoms with Gasteiger partial charge in [0.1, 0.15) is 0 Å². The van der Waals surface area contributed by atoms with Crippen molar-refractivity contribution >= 4 is 5.91 Å². The maximum Gasteiger partial charge on any atom is 0.227 e. The highest BCUT2D eigenvalue weighted by Crippen LogP contribution is 2.31. The lowest BCUT2D eigenvalue weighted by atomic mass is 10.1. The number of carbonyl (C=O) groups excluding carboxylic acids is 1. The molecule has 1 aliphatic rings. The van der Waals surface area contributed by atoms with Crippen LogP contribution in [-0.4, -0.2) is 22.3 Å². The van der Waals surface area contributed by atoms with Crippen molar-refractivity contribution in [3.8, 4) is 0 Å². The SMILES string of the molecule is O=C(Cc1ccccc1)N1CCC[C@@H]1c1cccc(Cc2ccccc2)n1. The highest BCUT2D eigenvalue weighted by atomic mass is 16.2. The van der Waals surface area contributed by atoms with Gasteiger partial charge in [0.2, 0.25) is 5.91 Å². The van der Waals surface area contributed by atoms with Crippen molar-refractivity contribution in [3.05, 3.63) is 101 Å². The molecule has 1 saturated heterocycles. The van der Waals surface area contributed by atoms with Crippen LogP contribution in [-0.2, 0) is 17.6 Å². The predicted molar refractivity (Wildman–Crippen MR) is 107 cm³/mol. The summed E-state index contributed by atoms with van der Waals surface area (Å²) in [6.07, 6.45) is 3.30. The van der Waals surface area contributed by atoms with Gasteiger partial charge in [-0.1, -0.05) is 66.7 Å². The molecular weight excluding hydrogens is 332 g/mol. The van der Waals surface area contributed by atoms with Crippen LogP contribution in [0.4, 0.5) is 0 Å². The van der Waals surface area contributed by atoms with Crippen LogP contribution in [0.25, 0.3) is 0 Å². The standard InChI is InChI=1S/C24H24N2O/c27-24(18-20-11-5-2-6-12-20)26-16-8-15-23(26)22-14-7-13-21(25-22)17-19-9-3-1-4-10-19/h1-7,9-14,23H,8,15-18H2/t23-/m1/s1. The van der Waals surface area contributed by atoms with Gasteiger partial charge in [0.15, 0.2) is 0 Å². The van der Waals surface area contributed by atoms with E-state index in [4.69, 9.17) is 4.98 Å². The van der Waals surface area contributed by atoms with Crippen molar-refractivity contribution in [2.45, 2.75) is 31.7 Å². The van der Waals surface area contributed by atoms with Gasteiger partial charge in [-0.05, 0) is 36.1 Å². The molecule has 136 valence electrons. The fraction of sp³-hybridized carbons (Fsp3) is 0.250. The molecule has 2 heterocycles. The third kappa shape index (κ3) is 4.25. The molecule has 3 nitrogen and oxygen atoms in total. The first-order valence-electron chi connectivity index (χ1n) is 9.63. The molecule has 3 aromatic rings. The van der Waals surface area contributed by atoms with Crippen LogP contribution in [0.2, 0.25) is 0 Å². The highest BCUT2D eigenvalue weighted by Gasteiger charge is 2.30. The lowest BCUT2D eigenvalue weighted by molar-refractivity contribution is -0.131. The van der Waals surface area contributed by atoms with E-state index in [1.165, 1.54) is 5.56 Å². The molecule has 4 rings (SSSR count). The summed E-state index contributed by atoms with van der Waals surface area (Å²) in [7, 11) is 0. The number of hydrogen-bond donors (Lipinski definition) is 0. The van der Waals surface area contributed by atoms with Crippen molar-refractivity contribution in [2.24, 2.45) is 0 Å². The second kappa shape index (κ2) is 8.17. The average Bonchev–Trinajstić information content (AvgIpc) is 3.20. The van der Waals surface area contributed by atoms with Crippen LogP contribution < -0.4 is 0 Å². The topological polar surface area (TPSA) is 33.2 Å². The van der Waals surface area contributed by atoms with Gasteiger partial charge in [-0.3, -0.25) is 9.78 Å².